The standard InChI is InChI=1S/C43H28/c1-2-11-28(12-3-1)25-32-26-39-38-24-22-31-15-6-9-19-35(31)43(38)40(37-20-10-16-29-13-4-7-17-33(29)37)27-41(39)42-34-18-8-5-14-30(34)21-23-36(32)42/h1-24,26-27H,25H2. The van der Waals surface area contributed by atoms with Crippen LogP contribution in [0.3, 0.4) is 0 Å². The zero-order valence-corrected chi connectivity index (χ0v) is 23.7. The fraction of sp³-hybridized carbons (Fsp3) is 0.0233. The average Bonchev–Trinajstić information content (AvgIpc) is 3.08. The van der Waals surface area contributed by atoms with Crippen molar-refractivity contribution in [3.05, 3.63) is 169 Å². The lowest BCUT2D eigenvalue weighted by molar-refractivity contribution is 1.22. The van der Waals surface area contributed by atoms with Crippen molar-refractivity contribution >= 4 is 64.6 Å². The fourth-order valence-electron chi connectivity index (χ4n) is 7.30. The molecule has 0 nitrogen and oxygen atoms in total. The summed E-state index contributed by atoms with van der Waals surface area (Å²) in [6.07, 6.45) is 0.895. The molecule has 0 aromatic heterocycles. The number of hydrogen-bond donors (Lipinski definition) is 0. The normalized spacial score (nSPS) is 11.8. The Bertz CT molecular complexity index is 2510. The summed E-state index contributed by atoms with van der Waals surface area (Å²) in [5.74, 6) is 0. The van der Waals surface area contributed by atoms with Crippen LogP contribution >= 0.6 is 0 Å². The van der Waals surface area contributed by atoms with E-state index in [0.717, 1.165) is 6.42 Å². The molecule has 0 amide bonds. The van der Waals surface area contributed by atoms with E-state index in [9.17, 15) is 0 Å². The SMILES string of the molecule is c1ccc(Cc2cc3c4ccc5ccccc5c4c(-c4cccc5ccccc45)cc3c3c2ccc2ccccc23)cc1. The summed E-state index contributed by atoms with van der Waals surface area (Å²) in [5, 5.41) is 15.7. The van der Waals surface area contributed by atoms with Crippen LogP contribution in [-0.4, -0.2) is 0 Å². The molecule has 0 bridgehead atoms. The molecular formula is C43H28. The van der Waals surface area contributed by atoms with E-state index in [1.165, 1.54) is 86.9 Å². The smallest absolute Gasteiger partial charge is 0.00194 e. The number of rotatable bonds is 3. The fourth-order valence-corrected chi connectivity index (χ4v) is 7.30. The molecule has 0 spiro atoms. The quantitative estimate of drug-likeness (QED) is 0.194. The zero-order valence-electron chi connectivity index (χ0n) is 23.7. The van der Waals surface area contributed by atoms with Crippen molar-refractivity contribution in [1.29, 1.82) is 0 Å². The molecule has 43 heavy (non-hydrogen) atoms. The van der Waals surface area contributed by atoms with Gasteiger partial charge in [-0.25, -0.2) is 0 Å². The highest BCUT2D eigenvalue weighted by atomic mass is 14.2. The summed E-state index contributed by atoms with van der Waals surface area (Å²) < 4.78 is 0. The topological polar surface area (TPSA) is 0 Å². The maximum absolute atomic E-state index is 2.49. The van der Waals surface area contributed by atoms with Gasteiger partial charge >= 0.3 is 0 Å². The molecule has 0 N–H and O–H groups in total. The molecule has 0 saturated heterocycles. The maximum atomic E-state index is 2.49. The van der Waals surface area contributed by atoms with Crippen molar-refractivity contribution < 1.29 is 0 Å². The van der Waals surface area contributed by atoms with Crippen LogP contribution in [0, 0.1) is 0 Å². The second-order valence-corrected chi connectivity index (χ2v) is 11.7. The minimum absolute atomic E-state index is 0.895. The lowest BCUT2D eigenvalue weighted by Gasteiger charge is -2.19. The summed E-state index contributed by atoms with van der Waals surface area (Å²) in [6.45, 7) is 0. The van der Waals surface area contributed by atoms with Crippen LogP contribution in [0.15, 0.2) is 158 Å². The highest BCUT2D eigenvalue weighted by Crippen LogP contribution is 2.45. The van der Waals surface area contributed by atoms with Gasteiger partial charge in [0.05, 0.1) is 0 Å². The van der Waals surface area contributed by atoms with E-state index < -0.39 is 0 Å². The van der Waals surface area contributed by atoms with Crippen molar-refractivity contribution in [1.82, 2.24) is 0 Å². The van der Waals surface area contributed by atoms with Gasteiger partial charge < -0.3 is 0 Å². The predicted octanol–water partition coefficient (Wildman–Crippen LogP) is 11.9. The van der Waals surface area contributed by atoms with Crippen LogP contribution < -0.4 is 0 Å². The summed E-state index contributed by atoms with van der Waals surface area (Å²) in [7, 11) is 0. The van der Waals surface area contributed by atoms with Crippen molar-refractivity contribution in [2.24, 2.45) is 0 Å². The largest absolute Gasteiger partial charge is 0.0622 e. The first-order chi connectivity index (χ1) is 21.3. The van der Waals surface area contributed by atoms with E-state index in [4.69, 9.17) is 0 Å². The Balaban J connectivity index is 1.52. The minimum atomic E-state index is 0.895. The van der Waals surface area contributed by atoms with Crippen LogP contribution in [-0.2, 0) is 6.42 Å². The Morgan fingerprint density at radius 2 is 0.884 bits per heavy atom. The summed E-state index contributed by atoms with van der Waals surface area (Å²) in [6, 6.07) is 58.3. The first kappa shape index (κ1) is 24.2. The molecule has 200 valence electrons. The monoisotopic (exact) mass is 544 g/mol. The number of fused-ring (bicyclic) bond motifs is 10. The van der Waals surface area contributed by atoms with Crippen LogP contribution in [0.1, 0.15) is 11.1 Å². The third-order valence-corrected chi connectivity index (χ3v) is 9.25. The molecule has 0 heterocycles. The van der Waals surface area contributed by atoms with Gasteiger partial charge in [0, 0.05) is 0 Å². The molecule has 0 heteroatoms. The molecule has 9 aromatic carbocycles. The third kappa shape index (κ3) is 3.77. The molecule has 0 aliphatic rings. The van der Waals surface area contributed by atoms with Gasteiger partial charge in [-0.15, -0.1) is 0 Å². The highest BCUT2D eigenvalue weighted by molar-refractivity contribution is 6.31. The van der Waals surface area contributed by atoms with Gasteiger partial charge in [-0.3, -0.25) is 0 Å². The van der Waals surface area contributed by atoms with E-state index in [1.54, 1.807) is 0 Å². The van der Waals surface area contributed by atoms with Crippen molar-refractivity contribution in [2.75, 3.05) is 0 Å². The van der Waals surface area contributed by atoms with Crippen LogP contribution in [0.4, 0.5) is 0 Å². The Morgan fingerprint density at radius 3 is 1.63 bits per heavy atom. The van der Waals surface area contributed by atoms with Crippen LogP contribution in [0.2, 0.25) is 0 Å². The van der Waals surface area contributed by atoms with Gasteiger partial charge in [0.25, 0.3) is 0 Å². The Morgan fingerprint density at radius 1 is 0.302 bits per heavy atom. The molecule has 0 fully saturated rings. The van der Waals surface area contributed by atoms with E-state index >= 15 is 0 Å². The van der Waals surface area contributed by atoms with Gasteiger partial charge in [-0.05, 0) is 105 Å². The summed E-state index contributed by atoms with van der Waals surface area (Å²) in [5.41, 5.74) is 5.27. The van der Waals surface area contributed by atoms with Crippen molar-refractivity contribution in [3.63, 3.8) is 0 Å². The first-order valence-electron chi connectivity index (χ1n) is 15.1. The molecular weight excluding hydrogens is 516 g/mol. The number of benzene rings is 9. The van der Waals surface area contributed by atoms with Gasteiger partial charge in [-0.1, -0.05) is 146 Å². The second-order valence-electron chi connectivity index (χ2n) is 11.7. The van der Waals surface area contributed by atoms with Crippen LogP contribution in [0.25, 0.3) is 75.8 Å². The van der Waals surface area contributed by atoms with Crippen molar-refractivity contribution in [3.8, 4) is 11.1 Å². The zero-order chi connectivity index (χ0) is 28.3. The molecule has 0 radical (unpaired) electrons. The Hall–Kier alpha value is -5.46. The molecule has 0 aliphatic carbocycles. The number of hydrogen-bond acceptors (Lipinski definition) is 0. The van der Waals surface area contributed by atoms with Crippen LogP contribution in [0.5, 0.6) is 0 Å². The molecule has 9 rings (SSSR count). The van der Waals surface area contributed by atoms with Gasteiger partial charge in [-0.2, -0.15) is 0 Å². The van der Waals surface area contributed by atoms with Crippen molar-refractivity contribution in [2.45, 2.75) is 6.42 Å². The lowest BCUT2D eigenvalue weighted by atomic mass is 9.84. The second kappa shape index (κ2) is 9.54. The Kier molecular flexibility index (Phi) is 5.36. The van der Waals surface area contributed by atoms with E-state index in [1.807, 2.05) is 0 Å². The Labute approximate surface area is 250 Å². The van der Waals surface area contributed by atoms with E-state index in [0.29, 0.717) is 0 Å². The summed E-state index contributed by atoms with van der Waals surface area (Å²) >= 11 is 0. The minimum Gasteiger partial charge on any atom is -0.0622 e. The van der Waals surface area contributed by atoms with E-state index in [2.05, 4.69) is 158 Å². The van der Waals surface area contributed by atoms with Gasteiger partial charge in [0.1, 0.15) is 0 Å². The molecule has 9 aromatic rings. The first-order valence-corrected chi connectivity index (χ1v) is 15.1. The third-order valence-electron chi connectivity index (χ3n) is 9.25. The molecule has 0 atom stereocenters. The summed E-state index contributed by atoms with van der Waals surface area (Å²) in [4.78, 5) is 0. The van der Waals surface area contributed by atoms with Gasteiger partial charge in [0.15, 0.2) is 0 Å². The molecule has 0 aliphatic heterocycles. The van der Waals surface area contributed by atoms with Gasteiger partial charge in [0.2, 0.25) is 0 Å². The maximum Gasteiger partial charge on any atom is -0.00194 e. The molecule has 0 saturated carbocycles. The van der Waals surface area contributed by atoms with E-state index in [-0.39, 0.29) is 0 Å². The average molecular weight is 545 g/mol. The molecule has 0 unspecified atom stereocenters. The predicted molar refractivity (Wildman–Crippen MR) is 186 cm³/mol. The highest BCUT2D eigenvalue weighted by Gasteiger charge is 2.18. The lowest BCUT2D eigenvalue weighted by Crippen LogP contribution is -1.94.